The first-order valence-electron chi connectivity index (χ1n) is 7.23. The number of hydrogen-bond acceptors (Lipinski definition) is 6. The molecule has 0 N–H and O–H groups in total. The van der Waals surface area contributed by atoms with Crippen molar-refractivity contribution >= 4 is 21.4 Å². The van der Waals surface area contributed by atoms with Crippen LogP contribution in [-0.2, 0) is 28.4 Å². The molecule has 0 unspecified atom stereocenters. The van der Waals surface area contributed by atoms with Crippen molar-refractivity contribution in [2.24, 2.45) is 0 Å². The van der Waals surface area contributed by atoms with Crippen LogP contribution in [0.2, 0.25) is 5.02 Å². The quantitative estimate of drug-likeness (QED) is 0.669. The molecule has 0 saturated carbocycles. The number of benzene rings is 1. The number of pyridine rings is 1. The third kappa shape index (κ3) is 3.98. The van der Waals surface area contributed by atoms with Gasteiger partial charge in [0.05, 0.1) is 5.02 Å². The van der Waals surface area contributed by atoms with E-state index in [-0.39, 0.29) is 15.9 Å². The van der Waals surface area contributed by atoms with E-state index in [0.29, 0.717) is 12.2 Å². The lowest BCUT2D eigenvalue weighted by molar-refractivity contribution is 0.382. The van der Waals surface area contributed by atoms with Gasteiger partial charge in [0, 0.05) is 12.6 Å². The molecule has 2 heterocycles. The molecule has 0 saturated heterocycles. The summed E-state index contributed by atoms with van der Waals surface area (Å²) >= 11 is 5.89. The molecule has 0 aliphatic heterocycles. The van der Waals surface area contributed by atoms with Gasteiger partial charge in [0.2, 0.25) is 15.7 Å². The molecular weight excluding hydrogens is 350 g/mol. The molecule has 8 heteroatoms. The van der Waals surface area contributed by atoms with Gasteiger partial charge in [-0.3, -0.25) is 0 Å². The molecule has 0 amide bonds. The van der Waals surface area contributed by atoms with Gasteiger partial charge in [-0.05, 0) is 24.1 Å². The van der Waals surface area contributed by atoms with E-state index in [0.717, 1.165) is 12.0 Å². The van der Waals surface area contributed by atoms with Crippen LogP contribution < -0.4 is 0 Å². The van der Waals surface area contributed by atoms with Crippen LogP contribution in [0.3, 0.4) is 0 Å². The smallest absolute Gasteiger partial charge is 0.242 e. The minimum Gasteiger partial charge on any atom is -0.338 e. The molecule has 0 bridgehead atoms. The van der Waals surface area contributed by atoms with Gasteiger partial charge in [-0.1, -0.05) is 47.1 Å². The van der Waals surface area contributed by atoms with Crippen LogP contribution in [0.25, 0.3) is 0 Å². The molecule has 0 aliphatic rings. The van der Waals surface area contributed by atoms with Crippen LogP contribution in [0.1, 0.15) is 17.3 Å². The second-order valence-electron chi connectivity index (χ2n) is 5.14. The van der Waals surface area contributed by atoms with Gasteiger partial charge < -0.3 is 4.52 Å². The fourth-order valence-electron chi connectivity index (χ4n) is 2.18. The van der Waals surface area contributed by atoms with Crippen molar-refractivity contribution < 1.29 is 12.9 Å². The maximum absolute atomic E-state index is 12.3. The minimum atomic E-state index is -3.74. The highest BCUT2D eigenvalue weighted by atomic mass is 35.5. The molecule has 24 heavy (non-hydrogen) atoms. The maximum Gasteiger partial charge on any atom is 0.242 e. The molecular formula is C16H14ClN3O3S. The summed E-state index contributed by atoms with van der Waals surface area (Å²) in [6, 6.07) is 12.9. The van der Waals surface area contributed by atoms with Gasteiger partial charge >= 0.3 is 0 Å². The summed E-state index contributed by atoms with van der Waals surface area (Å²) < 4.78 is 29.7. The highest BCUT2D eigenvalue weighted by molar-refractivity contribution is 7.90. The van der Waals surface area contributed by atoms with Crippen molar-refractivity contribution in [3.63, 3.8) is 0 Å². The molecule has 3 aromatic rings. The Balaban J connectivity index is 1.69. The highest BCUT2D eigenvalue weighted by Crippen LogP contribution is 2.21. The fraction of sp³-hybridized carbons (Fsp3) is 0.188. The van der Waals surface area contributed by atoms with Crippen LogP contribution in [0.15, 0.2) is 58.2 Å². The normalized spacial score (nSPS) is 11.5. The maximum atomic E-state index is 12.3. The highest BCUT2D eigenvalue weighted by Gasteiger charge is 2.23. The first kappa shape index (κ1) is 16.6. The van der Waals surface area contributed by atoms with Gasteiger partial charge in [-0.2, -0.15) is 4.98 Å². The SMILES string of the molecule is O=S(=O)(Cc1nc(CCc2ccccc2)no1)c1ncccc1Cl. The van der Waals surface area contributed by atoms with E-state index in [9.17, 15) is 8.42 Å². The lowest BCUT2D eigenvalue weighted by Gasteiger charge is -2.02. The Kier molecular flexibility index (Phi) is 4.92. The summed E-state index contributed by atoms with van der Waals surface area (Å²) in [6.45, 7) is 0. The third-order valence-electron chi connectivity index (χ3n) is 3.32. The lowest BCUT2D eigenvalue weighted by atomic mass is 10.1. The van der Waals surface area contributed by atoms with E-state index < -0.39 is 15.6 Å². The van der Waals surface area contributed by atoms with E-state index in [1.54, 1.807) is 6.07 Å². The number of rotatable bonds is 6. The standard InChI is InChI=1S/C16H14ClN3O3S/c17-13-7-4-10-18-16(13)24(21,22)11-15-19-14(20-23-15)9-8-12-5-2-1-3-6-12/h1-7,10H,8-9,11H2. The van der Waals surface area contributed by atoms with Gasteiger partial charge in [0.15, 0.2) is 10.9 Å². The predicted molar refractivity (Wildman–Crippen MR) is 88.3 cm³/mol. The van der Waals surface area contributed by atoms with E-state index in [4.69, 9.17) is 16.1 Å². The van der Waals surface area contributed by atoms with Crippen LogP contribution in [0.4, 0.5) is 0 Å². The second-order valence-corrected chi connectivity index (χ2v) is 7.45. The molecule has 0 atom stereocenters. The average Bonchev–Trinajstić information content (AvgIpc) is 3.01. The van der Waals surface area contributed by atoms with Crippen molar-refractivity contribution in [1.29, 1.82) is 0 Å². The number of aromatic nitrogens is 3. The monoisotopic (exact) mass is 363 g/mol. The van der Waals surface area contributed by atoms with E-state index in [1.807, 2.05) is 30.3 Å². The predicted octanol–water partition coefficient (Wildman–Crippen LogP) is 2.88. The lowest BCUT2D eigenvalue weighted by Crippen LogP contribution is -2.08. The topological polar surface area (TPSA) is 86.0 Å². The molecule has 0 spiro atoms. The van der Waals surface area contributed by atoms with Crippen LogP contribution >= 0.6 is 11.6 Å². The Morgan fingerprint density at radius 3 is 2.58 bits per heavy atom. The van der Waals surface area contributed by atoms with Gasteiger partial charge in [0.1, 0.15) is 5.75 Å². The Morgan fingerprint density at radius 1 is 1.04 bits per heavy atom. The zero-order valence-electron chi connectivity index (χ0n) is 12.6. The minimum absolute atomic E-state index is 0.0276. The summed E-state index contributed by atoms with van der Waals surface area (Å²) in [5.74, 6) is 0.0678. The summed E-state index contributed by atoms with van der Waals surface area (Å²) in [5.41, 5.74) is 1.15. The number of aryl methyl sites for hydroxylation is 2. The van der Waals surface area contributed by atoms with Crippen molar-refractivity contribution in [2.45, 2.75) is 23.6 Å². The Hall–Kier alpha value is -2.25. The van der Waals surface area contributed by atoms with Crippen molar-refractivity contribution in [3.05, 3.63) is 71.0 Å². The van der Waals surface area contributed by atoms with Gasteiger partial charge in [-0.15, -0.1) is 0 Å². The Bertz CT molecular complexity index is 927. The molecule has 0 radical (unpaired) electrons. The van der Waals surface area contributed by atoms with Crippen LogP contribution in [0.5, 0.6) is 0 Å². The van der Waals surface area contributed by atoms with Gasteiger partial charge in [0.25, 0.3) is 0 Å². The Labute approximate surface area is 144 Å². The summed E-state index contributed by atoms with van der Waals surface area (Å²) in [5, 5.41) is 3.71. The van der Waals surface area contributed by atoms with E-state index in [1.165, 1.54) is 12.3 Å². The largest absolute Gasteiger partial charge is 0.338 e. The molecule has 3 rings (SSSR count). The number of hydrogen-bond donors (Lipinski definition) is 0. The number of nitrogens with zero attached hydrogens (tertiary/aromatic N) is 3. The summed E-state index contributed by atoms with van der Waals surface area (Å²) in [7, 11) is -3.74. The summed E-state index contributed by atoms with van der Waals surface area (Å²) in [6.07, 6.45) is 2.69. The molecule has 2 aromatic heterocycles. The van der Waals surface area contributed by atoms with Crippen molar-refractivity contribution in [2.75, 3.05) is 0 Å². The molecule has 1 aromatic carbocycles. The second kappa shape index (κ2) is 7.11. The number of halogens is 1. The van der Waals surface area contributed by atoms with E-state index in [2.05, 4.69) is 15.1 Å². The average molecular weight is 364 g/mol. The zero-order valence-corrected chi connectivity index (χ0v) is 14.2. The number of sulfone groups is 1. The van der Waals surface area contributed by atoms with Crippen LogP contribution in [0, 0.1) is 0 Å². The zero-order chi connectivity index (χ0) is 17.0. The molecule has 124 valence electrons. The van der Waals surface area contributed by atoms with E-state index >= 15 is 0 Å². The Morgan fingerprint density at radius 2 is 1.83 bits per heavy atom. The first-order valence-corrected chi connectivity index (χ1v) is 9.26. The van der Waals surface area contributed by atoms with Crippen molar-refractivity contribution in [1.82, 2.24) is 15.1 Å². The molecule has 6 nitrogen and oxygen atoms in total. The fourth-order valence-corrected chi connectivity index (χ4v) is 3.82. The summed E-state index contributed by atoms with van der Waals surface area (Å²) in [4.78, 5) is 7.96. The first-order chi connectivity index (χ1) is 11.5. The van der Waals surface area contributed by atoms with Crippen molar-refractivity contribution in [3.8, 4) is 0 Å². The van der Waals surface area contributed by atoms with Gasteiger partial charge in [-0.25, -0.2) is 13.4 Å². The third-order valence-corrected chi connectivity index (χ3v) is 5.28. The molecule has 0 fully saturated rings. The van der Waals surface area contributed by atoms with Crippen LogP contribution in [-0.4, -0.2) is 23.5 Å². The molecule has 0 aliphatic carbocycles.